The zero-order chi connectivity index (χ0) is 29.1. The molecule has 0 radical (unpaired) electrons. The molecule has 0 spiro atoms. The first kappa shape index (κ1) is 29.9. The van der Waals surface area contributed by atoms with Crippen molar-refractivity contribution in [1.29, 1.82) is 0 Å². The predicted octanol–water partition coefficient (Wildman–Crippen LogP) is 7.13. The summed E-state index contributed by atoms with van der Waals surface area (Å²) in [6, 6.07) is 1.77. The van der Waals surface area contributed by atoms with Crippen LogP contribution in [0.5, 0.6) is 0 Å². The van der Waals surface area contributed by atoms with E-state index in [0.29, 0.717) is 0 Å². The number of carbonyl (C=O) groups excluding carboxylic acids is 2. The Bertz CT molecular complexity index is 1410. The number of fused-ring (bicyclic) bond motifs is 1. The van der Waals surface area contributed by atoms with Gasteiger partial charge in [0, 0.05) is 22.1 Å². The van der Waals surface area contributed by atoms with Crippen LogP contribution in [-0.4, -0.2) is 22.8 Å². The van der Waals surface area contributed by atoms with Gasteiger partial charge >= 0.3 is 0 Å². The number of rotatable bonds is 9. The Hall–Kier alpha value is -3.60. The molecule has 208 valence electrons. The van der Waals surface area contributed by atoms with Gasteiger partial charge in [-0.3, -0.25) is 9.59 Å². The fraction of sp³-hybridized carbons (Fsp3) is 0.412. The molecule has 2 heterocycles. The first-order valence-electron chi connectivity index (χ1n) is 13.8. The summed E-state index contributed by atoms with van der Waals surface area (Å²) in [6.07, 6.45) is 12.9. The average Bonchev–Trinajstić information content (AvgIpc) is 3.23. The normalized spacial score (nSPS) is 16.5. The maximum absolute atomic E-state index is 13.0. The molecule has 0 bridgehead atoms. The smallest absolute Gasteiger partial charge is 0.268 e. The monoisotopic (exact) mass is 527 g/mol. The Labute approximate surface area is 234 Å². The van der Waals surface area contributed by atoms with Crippen LogP contribution >= 0.6 is 0 Å². The van der Waals surface area contributed by atoms with Gasteiger partial charge in [0.2, 0.25) is 5.91 Å². The van der Waals surface area contributed by atoms with Crippen molar-refractivity contribution < 1.29 is 9.59 Å². The number of aromatic nitrogens is 1. The van der Waals surface area contributed by atoms with Crippen molar-refractivity contribution in [2.75, 3.05) is 0 Å². The minimum Gasteiger partial charge on any atom is -0.357 e. The highest BCUT2D eigenvalue weighted by atomic mass is 16.2. The highest BCUT2D eigenvalue weighted by molar-refractivity contribution is 6.09. The summed E-state index contributed by atoms with van der Waals surface area (Å²) < 4.78 is 0. The van der Waals surface area contributed by atoms with Crippen molar-refractivity contribution in [3.8, 4) is 0 Å². The highest BCUT2D eigenvalue weighted by Crippen LogP contribution is 2.39. The minimum atomic E-state index is -0.568. The summed E-state index contributed by atoms with van der Waals surface area (Å²) in [7, 11) is 0. The van der Waals surface area contributed by atoms with Gasteiger partial charge in [0.15, 0.2) is 0 Å². The third-order valence-electron chi connectivity index (χ3n) is 7.26. The molecule has 1 aliphatic heterocycles. The van der Waals surface area contributed by atoms with E-state index in [1.807, 2.05) is 12.2 Å². The lowest BCUT2D eigenvalue weighted by atomic mass is 9.84. The summed E-state index contributed by atoms with van der Waals surface area (Å²) in [4.78, 5) is 29.3. The van der Waals surface area contributed by atoms with Gasteiger partial charge in [-0.15, -0.1) is 6.58 Å². The number of nitrogens with one attached hydrogen (secondary N) is 3. The number of carbonyl (C=O) groups is 2. The molecule has 1 aromatic carbocycles. The molecule has 0 aliphatic carbocycles. The first-order chi connectivity index (χ1) is 18.2. The number of hydrogen-bond acceptors (Lipinski definition) is 2. The topological polar surface area (TPSA) is 74.0 Å². The molecule has 0 unspecified atom stereocenters. The number of allylic oxidation sites excluding steroid dienone is 7. The van der Waals surface area contributed by atoms with E-state index in [4.69, 9.17) is 0 Å². The van der Waals surface area contributed by atoms with Crippen molar-refractivity contribution in [2.45, 2.75) is 93.0 Å². The van der Waals surface area contributed by atoms with E-state index in [1.54, 1.807) is 6.92 Å². The molecule has 2 amide bonds. The van der Waals surface area contributed by atoms with Gasteiger partial charge in [-0.25, -0.2) is 0 Å². The summed E-state index contributed by atoms with van der Waals surface area (Å²) in [6.45, 7) is 22.8. The molecule has 0 saturated carbocycles. The Morgan fingerprint density at radius 1 is 0.923 bits per heavy atom. The zero-order valence-electron chi connectivity index (χ0n) is 25.2. The number of piperazine rings is 1. The molecule has 2 aromatic rings. The fourth-order valence-corrected chi connectivity index (χ4v) is 4.75. The maximum atomic E-state index is 13.0. The number of hydrogen-bond donors (Lipinski definition) is 3. The standard InChI is InChI=1S/C34H45N3O2/c1-11-34(9,10)31-27(19-28-33(39)35-23(8)32(38)36-28)29-26(17-14-22(6)7)24(15-12-20(2)3)18-25(30(29)37-31)16-13-21(4)5/h11-14,18-19,23,37H,1,15-17H2,2-10H3,(H,35,39)(H,36,38)/b28-19-/t23-/m0/s1. The van der Waals surface area contributed by atoms with E-state index in [9.17, 15) is 9.59 Å². The summed E-state index contributed by atoms with van der Waals surface area (Å²) in [5, 5.41) is 6.71. The van der Waals surface area contributed by atoms with Gasteiger partial charge in [0.1, 0.15) is 11.7 Å². The Balaban J connectivity index is 2.51. The third kappa shape index (κ3) is 6.89. The SMILES string of the molecule is C=CC(C)(C)c1[nH]c2c(CC=C(C)C)cc(CC=C(C)C)c(CC=C(C)C)c2c1/C=C1\NC(=O)[C@H](C)NC1=O. The summed E-state index contributed by atoms with van der Waals surface area (Å²) in [5.74, 6) is -0.501. The lowest BCUT2D eigenvalue weighted by molar-refractivity contribution is -0.130. The lowest BCUT2D eigenvalue weighted by Crippen LogP contribution is -2.53. The molecule has 5 nitrogen and oxygen atoms in total. The second-order valence-corrected chi connectivity index (χ2v) is 12.0. The van der Waals surface area contributed by atoms with Crippen molar-refractivity contribution in [3.05, 3.63) is 87.3 Å². The van der Waals surface area contributed by atoms with Gasteiger partial charge in [-0.05, 0) is 90.5 Å². The van der Waals surface area contributed by atoms with Crippen LogP contribution in [0, 0.1) is 0 Å². The van der Waals surface area contributed by atoms with E-state index in [2.05, 4.69) is 102 Å². The molecule has 1 atom stereocenters. The molecule has 1 aliphatic rings. The number of aromatic amines is 1. The van der Waals surface area contributed by atoms with Crippen LogP contribution in [0.25, 0.3) is 17.0 Å². The van der Waals surface area contributed by atoms with E-state index < -0.39 is 11.5 Å². The quantitative estimate of drug-likeness (QED) is 0.240. The lowest BCUT2D eigenvalue weighted by Gasteiger charge is -2.23. The van der Waals surface area contributed by atoms with Gasteiger partial charge in [-0.2, -0.15) is 0 Å². The van der Waals surface area contributed by atoms with Crippen LogP contribution < -0.4 is 10.6 Å². The Kier molecular flexibility index (Phi) is 9.26. The molecule has 1 aromatic heterocycles. The van der Waals surface area contributed by atoms with Crippen LogP contribution in [-0.2, 0) is 34.3 Å². The molecule has 1 fully saturated rings. The third-order valence-corrected chi connectivity index (χ3v) is 7.26. The maximum Gasteiger partial charge on any atom is 0.268 e. The molecule has 3 rings (SSSR count). The zero-order valence-corrected chi connectivity index (χ0v) is 25.2. The Morgan fingerprint density at radius 2 is 1.49 bits per heavy atom. The number of benzene rings is 1. The molecule has 5 heteroatoms. The van der Waals surface area contributed by atoms with Crippen molar-refractivity contribution in [3.63, 3.8) is 0 Å². The van der Waals surface area contributed by atoms with Crippen LogP contribution in [0.4, 0.5) is 0 Å². The molecular weight excluding hydrogens is 482 g/mol. The van der Waals surface area contributed by atoms with Crippen molar-refractivity contribution >= 4 is 28.8 Å². The summed E-state index contributed by atoms with van der Waals surface area (Å²) >= 11 is 0. The van der Waals surface area contributed by atoms with E-state index in [1.165, 1.54) is 33.4 Å². The molecule has 1 saturated heterocycles. The van der Waals surface area contributed by atoms with Gasteiger partial charge < -0.3 is 15.6 Å². The van der Waals surface area contributed by atoms with Gasteiger partial charge in [0.05, 0.1) is 5.52 Å². The average molecular weight is 528 g/mol. The van der Waals surface area contributed by atoms with E-state index in [-0.39, 0.29) is 17.5 Å². The van der Waals surface area contributed by atoms with E-state index >= 15 is 0 Å². The van der Waals surface area contributed by atoms with E-state index in [0.717, 1.165) is 41.4 Å². The van der Waals surface area contributed by atoms with Crippen molar-refractivity contribution in [2.24, 2.45) is 0 Å². The minimum absolute atomic E-state index is 0.219. The second-order valence-electron chi connectivity index (χ2n) is 12.0. The fourth-order valence-electron chi connectivity index (χ4n) is 4.75. The van der Waals surface area contributed by atoms with Gasteiger partial charge in [0.25, 0.3) is 5.91 Å². The van der Waals surface area contributed by atoms with Crippen LogP contribution in [0.1, 0.15) is 90.3 Å². The van der Waals surface area contributed by atoms with Gasteiger partial charge in [-0.1, -0.05) is 60.9 Å². The predicted molar refractivity (Wildman–Crippen MR) is 165 cm³/mol. The second kappa shape index (κ2) is 12.1. The Morgan fingerprint density at radius 3 is 2.05 bits per heavy atom. The molecule has 39 heavy (non-hydrogen) atoms. The van der Waals surface area contributed by atoms with Crippen LogP contribution in [0.15, 0.2) is 59.4 Å². The van der Waals surface area contributed by atoms with Crippen LogP contribution in [0.3, 0.4) is 0 Å². The number of H-pyrrole nitrogens is 1. The highest BCUT2D eigenvalue weighted by Gasteiger charge is 2.30. The molecule has 3 N–H and O–H groups in total. The van der Waals surface area contributed by atoms with Crippen molar-refractivity contribution in [1.82, 2.24) is 15.6 Å². The summed E-state index contributed by atoms with van der Waals surface area (Å²) in [5.41, 5.74) is 10.3. The molecular formula is C34H45N3O2. The van der Waals surface area contributed by atoms with Crippen LogP contribution in [0.2, 0.25) is 0 Å². The first-order valence-corrected chi connectivity index (χ1v) is 13.8. The number of amides is 2. The largest absolute Gasteiger partial charge is 0.357 e.